The van der Waals surface area contributed by atoms with Crippen molar-refractivity contribution in [2.45, 2.75) is 32.2 Å². The van der Waals surface area contributed by atoms with Gasteiger partial charge < -0.3 is 15.6 Å². The number of aromatic amines is 1. The molecule has 1 aromatic heterocycles. The summed E-state index contributed by atoms with van der Waals surface area (Å²) in [5, 5.41) is 7.69. The molecule has 1 saturated heterocycles. The van der Waals surface area contributed by atoms with Crippen LogP contribution in [0.2, 0.25) is 0 Å². The maximum Gasteiger partial charge on any atom is 0.322 e. The molecule has 0 aliphatic carbocycles. The summed E-state index contributed by atoms with van der Waals surface area (Å²) in [6.07, 6.45) is 0.682. The molecule has 4 amide bonds. The molecule has 1 aromatic carbocycles. The fraction of sp³-hybridized carbons (Fsp3) is 0.353. The van der Waals surface area contributed by atoms with Gasteiger partial charge in [-0.05, 0) is 31.4 Å². The number of aromatic nitrogens is 1. The van der Waals surface area contributed by atoms with E-state index < -0.39 is 29.6 Å². The molecule has 1 fully saturated rings. The van der Waals surface area contributed by atoms with Gasteiger partial charge in [-0.15, -0.1) is 0 Å². The number of aryl methyl sites for hydroxylation is 1. The van der Waals surface area contributed by atoms with Crippen LogP contribution in [0.1, 0.15) is 24.1 Å². The lowest BCUT2D eigenvalue weighted by atomic mass is 10.1. The number of rotatable bonds is 6. The first-order valence-corrected chi connectivity index (χ1v) is 8.19. The number of imide groups is 1. The summed E-state index contributed by atoms with van der Waals surface area (Å²) in [5.41, 5.74) is 1.69. The zero-order chi connectivity index (χ0) is 18.8. The van der Waals surface area contributed by atoms with E-state index in [1.54, 1.807) is 6.92 Å². The predicted molar refractivity (Wildman–Crippen MR) is 89.4 cm³/mol. The standard InChI is InChI=1S/C17H18F2N4O3/c1-8-10(11-6-9(18)7-12(19)15(11)21-8)4-5-20-14(24)3-2-13-16(25)23-17(26)22-13/h6-7,13,21H,2-5H2,1H3,(H,20,24)(H2,22,23,25,26). The molecule has 9 heteroatoms. The molecule has 3 rings (SSSR count). The summed E-state index contributed by atoms with van der Waals surface area (Å²) in [6, 6.07) is 0.826. The number of hydrogen-bond donors (Lipinski definition) is 4. The zero-order valence-electron chi connectivity index (χ0n) is 14.0. The van der Waals surface area contributed by atoms with Gasteiger partial charge in [0.25, 0.3) is 5.91 Å². The molecule has 0 radical (unpaired) electrons. The Hall–Kier alpha value is -2.97. The van der Waals surface area contributed by atoms with E-state index >= 15 is 0 Å². The average molecular weight is 364 g/mol. The van der Waals surface area contributed by atoms with Gasteiger partial charge in [0.15, 0.2) is 0 Å². The van der Waals surface area contributed by atoms with Crippen molar-refractivity contribution in [3.05, 3.63) is 35.0 Å². The summed E-state index contributed by atoms with van der Waals surface area (Å²) in [6.45, 7) is 2.05. The lowest BCUT2D eigenvalue weighted by Gasteiger charge is -2.08. The zero-order valence-corrected chi connectivity index (χ0v) is 14.0. The quantitative estimate of drug-likeness (QED) is 0.583. The maximum absolute atomic E-state index is 13.8. The fourth-order valence-electron chi connectivity index (χ4n) is 3.08. The molecular formula is C17H18F2N4O3. The van der Waals surface area contributed by atoms with Crippen molar-refractivity contribution in [2.24, 2.45) is 0 Å². The van der Waals surface area contributed by atoms with Crippen LogP contribution in [-0.4, -0.2) is 35.4 Å². The van der Waals surface area contributed by atoms with E-state index in [0.717, 1.165) is 11.6 Å². The van der Waals surface area contributed by atoms with Crippen LogP contribution < -0.4 is 16.0 Å². The van der Waals surface area contributed by atoms with Crippen LogP contribution in [0.15, 0.2) is 12.1 Å². The average Bonchev–Trinajstić information content (AvgIpc) is 3.05. The Balaban J connectivity index is 1.54. The van der Waals surface area contributed by atoms with Gasteiger partial charge in [0.2, 0.25) is 5.91 Å². The minimum absolute atomic E-state index is 0.0779. The summed E-state index contributed by atoms with van der Waals surface area (Å²) < 4.78 is 27.3. The molecule has 138 valence electrons. The van der Waals surface area contributed by atoms with Crippen LogP contribution in [0.4, 0.5) is 13.6 Å². The van der Waals surface area contributed by atoms with Gasteiger partial charge in [-0.3, -0.25) is 14.9 Å². The first-order chi connectivity index (χ1) is 12.3. The Kier molecular flexibility index (Phi) is 4.88. The second kappa shape index (κ2) is 7.11. The van der Waals surface area contributed by atoms with E-state index in [0.29, 0.717) is 17.5 Å². The first kappa shape index (κ1) is 17.8. The van der Waals surface area contributed by atoms with Crippen LogP contribution in [0.3, 0.4) is 0 Å². The van der Waals surface area contributed by atoms with Crippen molar-refractivity contribution in [1.82, 2.24) is 20.9 Å². The Bertz CT molecular complexity index is 894. The van der Waals surface area contributed by atoms with E-state index in [9.17, 15) is 23.2 Å². The number of amides is 4. The molecule has 4 N–H and O–H groups in total. The molecule has 1 aliphatic heterocycles. The van der Waals surface area contributed by atoms with Crippen molar-refractivity contribution < 1.29 is 23.2 Å². The number of halogens is 2. The molecule has 1 unspecified atom stereocenters. The van der Waals surface area contributed by atoms with Gasteiger partial charge in [0.05, 0.1) is 5.52 Å². The number of carbonyl (C=O) groups is 3. The number of urea groups is 1. The molecular weight excluding hydrogens is 346 g/mol. The summed E-state index contributed by atoms with van der Waals surface area (Å²) >= 11 is 0. The topological polar surface area (TPSA) is 103 Å². The number of H-pyrrole nitrogens is 1. The molecule has 1 atom stereocenters. The molecule has 1 aliphatic rings. The second-order valence-electron chi connectivity index (χ2n) is 6.19. The monoisotopic (exact) mass is 364 g/mol. The third kappa shape index (κ3) is 3.66. The fourth-order valence-corrected chi connectivity index (χ4v) is 3.08. The van der Waals surface area contributed by atoms with Gasteiger partial charge in [-0.1, -0.05) is 0 Å². The normalized spacial score (nSPS) is 16.7. The van der Waals surface area contributed by atoms with Crippen LogP contribution in [0.5, 0.6) is 0 Å². The van der Waals surface area contributed by atoms with Crippen molar-refractivity contribution in [1.29, 1.82) is 0 Å². The van der Waals surface area contributed by atoms with Gasteiger partial charge in [-0.25, -0.2) is 13.6 Å². The molecule has 0 spiro atoms. The lowest BCUT2D eigenvalue weighted by molar-refractivity contribution is -0.122. The van der Waals surface area contributed by atoms with Crippen molar-refractivity contribution in [3.63, 3.8) is 0 Å². The van der Waals surface area contributed by atoms with Crippen LogP contribution in [0.25, 0.3) is 10.9 Å². The summed E-state index contributed by atoms with van der Waals surface area (Å²) in [7, 11) is 0. The smallest absolute Gasteiger partial charge is 0.322 e. The highest BCUT2D eigenvalue weighted by Gasteiger charge is 2.29. The largest absolute Gasteiger partial charge is 0.356 e. The number of fused-ring (bicyclic) bond motifs is 1. The van der Waals surface area contributed by atoms with E-state index in [2.05, 4.69) is 20.9 Å². The maximum atomic E-state index is 13.8. The van der Waals surface area contributed by atoms with E-state index in [1.807, 2.05) is 0 Å². The van der Waals surface area contributed by atoms with Gasteiger partial charge >= 0.3 is 6.03 Å². The Morgan fingerprint density at radius 2 is 2.04 bits per heavy atom. The number of benzene rings is 1. The third-order valence-electron chi connectivity index (χ3n) is 4.36. The molecule has 2 heterocycles. The highest BCUT2D eigenvalue weighted by atomic mass is 19.1. The number of nitrogens with one attached hydrogen (secondary N) is 4. The van der Waals surface area contributed by atoms with Crippen LogP contribution in [-0.2, 0) is 16.0 Å². The van der Waals surface area contributed by atoms with E-state index in [-0.39, 0.29) is 30.8 Å². The van der Waals surface area contributed by atoms with Crippen molar-refractivity contribution >= 4 is 28.7 Å². The second-order valence-corrected chi connectivity index (χ2v) is 6.19. The summed E-state index contributed by atoms with van der Waals surface area (Å²) in [4.78, 5) is 37.2. The highest BCUT2D eigenvalue weighted by molar-refractivity contribution is 6.04. The van der Waals surface area contributed by atoms with Crippen LogP contribution >= 0.6 is 0 Å². The predicted octanol–water partition coefficient (Wildman–Crippen LogP) is 1.40. The molecule has 7 nitrogen and oxygen atoms in total. The van der Waals surface area contributed by atoms with Crippen molar-refractivity contribution in [3.8, 4) is 0 Å². The molecule has 2 aromatic rings. The number of hydrogen-bond acceptors (Lipinski definition) is 3. The molecule has 26 heavy (non-hydrogen) atoms. The molecule has 0 bridgehead atoms. The van der Waals surface area contributed by atoms with Gasteiger partial charge in [0, 0.05) is 30.1 Å². The summed E-state index contributed by atoms with van der Waals surface area (Å²) in [5.74, 6) is -2.03. The van der Waals surface area contributed by atoms with Crippen molar-refractivity contribution in [2.75, 3.05) is 6.54 Å². The van der Waals surface area contributed by atoms with Gasteiger partial charge in [0.1, 0.15) is 17.7 Å². The first-order valence-electron chi connectivity index (χ1n) is 8.19. The van der Waals surface area contributed by atoms with Crippen LogP contribution in [0, 0.1) is 18.6 Å². The Morgan fingerprint density at radius 3 is 2.73 bits per heavy atom. The Morgan fingerprint density at radius 1 is 1.27 bits per heavy atom. The van der Waals surface area contributed by atoms with Gasteiger partial charge in [-0.2, -0.15) is 0 Å². The lowest BCUT2D eigenvalue weighted by Crippen LogP contribution is -2.32. The minimum atomic E-state index is -0.699. The minimum Gasteiger partial charge on any atom is -0.356 e. The molecule has 0 saturated carbocycles. The van der Waals surface area contributed by atoms with E-state index in [4.69, 9.17) is 0 Å². The number of carbonyl (C=O) groups excluding carboxylic acids is 3. The highest BCUT2D eigenvalue weighted by Crippen LogP contribution is 2.25. The Labute approximate surface area is 147 Å². The SMILES string of the molecule is Cc1[nH]c2c(F)cc(F)cc2c1CCNC(=O)CCC1NC(=O)NC1=O. The van der Waals surface area contributed by atoms with E-state index in [1.165, 1.54) is 6.07 Å². The third-order valence-corrected chi connectivity index (χ3v) is 4.36.